The summed E-state index contributed by atoms with van der Waals surface area (Å²) in [7, 11) is 0. The summed E-state index contributed by atoms with van der Waals surface area (Å²) in [6, 6.07) is 9.30. The maximum absolute atomic E-state index is 12.6. The van der Waals surface area contributed by atoms with Crippen molar-refractivity contribution in [2.75, 3.05) is 39.5 Å². The number of fused-ring (bicyclic) bond motifs is 1. The van der Waals surface area contributed by atoms with Gasteiger partial charge in [0.25, 0.3) is 0 Å². The molecule has 0 radical (unpaired) electrons. The molecule has 0 saturated carbocycles. The largest absolute Gasteiger partial charge is 0.490 e. The lowest BCUT2D eigenvalue weighted by Gasteiger charge is -2.47. The van der Waals surface area contributed by atoms with E-state index in [0.717, 1.165) is 64.2 Å². The first-order valence-electron chi connectivity index (χ1n) is 12.2. The fourth-order valence-electron chi connectivity index (χ4n) is 4.53. The molecule has 222 valence electrons. The minimum atomic E-state index is -5.08. The van der Waals surface area contributed by atoms with E-state index in [1.165, 1.54) is 5.56 Å². The molecule has 0 aliphatic carbocycles. The molecule has 39 heavy (non-hydrogen) atoms. The molecule has 0 amide bonds. The zero-order chi connectivity index (χ0) is 29.3. The number of aliphatic carboxylic acids is 2. The number of para-hydroxylation sites is 1. The van der Waals surface area contributed by atoms with Gasteiger partial charge in [-0.25, -0.2) is 14.0 Å². The fourth-order valence-corrected chi connectivity index (χ4v) is 4.53. The van der Waals surface area contributed by atoms with Gasteiger partial charge in [-0.05, 0) is 31.7 Å². The number of carboxylic acid groups (broad SMARTS) is 2. The molecule has 1 unspecified atom stereocenters. The Hall–Kier alpha value is -2.65. The van der Waals surface area contributed by atoms with E-state index < -0.39 is 24.3 Å². The maximum atomic E-state index is 12.6. The summed E-state index contributed by atoms with van der Waals surface area (Å²) < 4.78 is 88.1. The predicted octanol–water partition coefficient (Wildman–Crippen LogP) is 4.35. The topological polar surface area (TPSA) is 108 Å². The molecule has 15 heteroatoms. The van der Waals surface area contributed by atoms with Crippen LogP contribution in [-0.4, -0.2) is 90.6 Å². The van der Waals surface area contributed by atoms with Crippen molar-refractivity contribution in [1.29, 1.82) is 0 Å². The van der Waals surface area contributed by atoms with Crippen LogP contribution in [0.2, 0.25) is 0 Å². The van der Waals surface area contributed by atoms with E-state index >= 15 is 0 Å². The van der Waals surface area contributed by atoms with Crippen LogP contribution in [0.5, 0.6) is 5.75 Å². The third kappa shape index (κ3) is 10.4. The van der Waals surface area contributed by atoms with Crippen molar-refractivity contribution in [3.8, 4) is 5.75 Å². The van der Waals surface area contributed by atoms with Crippen LogP contribution in [0.25, 0.3) is 0 Å². The average molecular weight is 577 g/mol. The number of rotatable bonds is 4. The molecule has 1 atom stereocenters. The second-order valence-electron chi connectivity index (χ2n) is 9.27. The van der Waals surface area contributed by atoms with Gasteiger partial charge in [-0.3, -0.25) is 0 Å². The van der Waals surface area contributed by atoms with Crippen LogP contribution in [0.4, 0.5) is 30.7 Å². The van der Waals surface area contributed by atoms with Crippen LogP contribution >= 0.6 is 0 Å². The molecule has 2 saturated heterocycles. The Bertz CT molecular complexity index is 906. The number of nitrogens with zero attached hydrogens (tertiary/aromatic N) is 1. The molecule has 3 N–H and O–H groups in total. The van der Waals surface area contributed by atoms with Gasteiger partial charge in [0.2, 0.25) is 0 Å². The molecule has 1 aromatic rings. The van der Waals surface area contributed by atoms with Crippen molar-refractivity contribution in [3.05, 3.63) is 29.8 Å². The van der Waals surface area contributed by atoms with Crippen molar-refractivity contribution < 1.29 is 60.0 Å². The number of likely N-dealkylation sites (tertiary alicyclic amines) is 1. The van der Waals surface area contributed by atoms with Crippen LogP contribution < -0.4 is 10.1 Å². The Morgan fingerprint density at radius 3 is 1.97 bits per heavy atom. The Kier molecular flexibility index (Phi) is 11.8. The minimum Gasteiger partial charge on any atom is -0.487 e. The summed E-state index contributed by atoms with van der Waals surface area (Å²) in [5, 5.41) is 18.1. The van der Waals surface area contributed by atoms with Gasteiger partial charge in [-0.1, -0.05) is 18.2 Å². The molecule has 3 aliphatic heterocycles. The zero-order valence-corrected chi connectivity index (χ0v) is 20.9. The van der Waals surface area contributed by atoms with Gasteiger partial charge < -0.3 is 29.9 Å². The number of hydrogen-bond donors (Lipinski definition) is 3. The number of piperidine rings is 1. The minimum absolute atomic E-state index is 0.107. The summed E-state index contributed by atoms with van der Waals surface area (Å²) in [4.78, 5) is 20.0. The van der Waals surface area contributed by atoms with Crippen molar-refractivity contribution in [2.24, 2.45) is 0 Å². The number of nitrogens with one attached hydrogen (secondary N) is 1. The van der Waals surface area contributed by atoms with Crippen LogP contribution in [-0.2, 0) is 14.3 Å². The number of benzene rings is 1. The number of ether oxygens (including phenoxy) is 2. The zero-order valence-electron chi connectivity index (χ0n) is 20.9. The molecular weight excluding hydrogens is 545 g/mol. The summed E-state index contributed by atoms with van der Waals surface area (Å²) >= 11 is 0. The molecule has 8 nitrogen and oxygen atoms in total. The van der Waals surface area contributed by atoms with Crippen LogP contribution in [0.15, 0.2) is 24.3 Å². The van der Waals surface area contributed by atoms with E-state index in [1.807, 2.05) is 0 Å². The quantitative estimate of drug-likeness (QED) is 0.455. The van der Waals surface area contributed by atoms with E-state index in [2.05, 4.69) is 34.5 Å². The first-order chi connectivity index (χ1) is 18.2. The van der Waals surface area contributed by atoms with Gasteiger partial charge in [-0.2, -0.15) is 26.3 Å². The van der Waals surface area contributed by atoms with Gasteiger partial charge in [0.05, 0.1) is 0 Å². The molecule has 3 aliphatic rings. The normalized spacial score (nSPS) is 21.4. The maximum Gasteiger partial charge on any atom is 0.490 e. The number of halogens is 7. The number of carboxylic acids is 2. The van der Waals surface area contributed by atoms with Crippen LogP contribution in [0.3, 0.4) is 0 Å². The Morgan fingerprint density at radius 2 is 1.49 bits per heavy atom. The van der Waals surface area contributed by atoms with Gasteiger partial charge in [0, 0.05) is 56.9 Å². The Labute approximate surface area is 220 Å². The van der Waals surface area contributed by atoms with Crippen LogP contribution in [0.1, 0.15) is 43.7 Å². The lowest BCUT2D eigenvalue weighted by Crippen LogP contribution is -2.53. The highest BCUT2D eigenvalue weighted by Crippen LogP contribution is 2.44. The second kappa shape index (κ2) is 14.1. The van der Waals surface area contributed by atoms with Gasteiger partial charge in [-0.15, -0.1) is 0 Å². The first-order valence-corrected chi connectivity index (χ1v) is 12.2. The SMILES string of the molecule is FCCN1CCC2(CC1)CC(NC1CCOCC1)c1ccccc1O2.O=C(O)C(F)(F)F.O=C(O)C(F)(F)F. The molecular formula is C24H31F7N2O6. The van der Waals surface area contributed by atoms with Crippen molar-refractivity contribution in [2.45, 2.75) is 62.1 Å². The lowest BCUT2D eigenvalue weighted by atomic mass is 9.80. The third-order valence-electron chi connectivity index (χ3n) is 6.51. The monoisotopic (exact) mass is 576 g/mol. The van der Waals surface area contributed by atoms with Crippen molar-refractivity contribution >= 4 is 11.9 Å². The summed E-state index contributed by atoms with van der Waals surface area (Å²) in [5.74, 6) is -4.49. The molecule has 3 heterocycles. The molecule has 1 spiro atoms. The van der Waals surface area contributed by atoms with E-state index in [-0.39, 0.29) is 12.3 Å². The molecule has 0 aromatic heterocycles. The summed E-state index contributed by atoms with van der Waals surface area (Å²) in [6.07, 6.45) is -5.04. The summed E-state index contributed by atoms with van der Waals surface area (Å²) in [5.41, 5.74) is 1.18. The molecule has 2 fully saturated rings. The number of hydrogen-bond acceptors (Lipinski definition) is 6. The third-order valence-corrected chi connectivity index (χ3v) is 6.51. The smallest absolute Gasteiger partial charge is 0.487 e. The Morgan fingerprint density at radius 1 is 0.974 bits per heavy atom. The van der Waals surface area contributed by atoms with Gasteiger partial charge in [0.15, 0.2) is 0 Å². The van der Waals surface area contributed by atoms with E-state index in [0.29, 0.717) is 18.6 Å². The van der Waals surface area contributed by atoms with Crippen LogP contribution in [0, 0.1) is 0 Å². The summed E-state index contributed by atoms with van der Waals surface area (Å²) in [6.45, 7) is 3.85. The van der Waals surface area contributed by atoms with E-state index in [4.69, 9.17) is 29.3 Å². The highest BCUT2D eigenvalue weighted by molar-refractivity contribution is 5.73. The number of alkyl halides is 7. The van der Waals surface area contributed by atoms with Gasteiger partial charge in [0.1, 0.15) is 18.0 Å². The predicted molar refractivity (Wildman–Crippen MR) is 123 cm³/mol. The van der Waals surface area contributed by atoms with Gasteiger partial charge >= 0.3 is 24.3 Å². The highest BCUT2D eigenvalue weighted by atomic mass is 19.4. The molecule has 4 rings (SSSR count). The van der Waals surface area contributed by atoms with E-state index in [1.54, 1.807) is 0 Å². The van der Waals surface area contributed by atoms with Crippen molar-refractivity contribution in [3.63, 3.8) is 0 Å². The highest BCUT2D eigenvalue weighted by Gasteiger charge is 2.43. The second-order valence-corrected chi connectivity index (χ2v) is 9.27. The molecule has 0 bridgehead atoms. The Balaban J connectivity index is 0.000000317. The molecule has 1 aromatic carbocycles. The van der Waals surface area contributed by atoms with Crippen molar-refractivity contribution in [1.82, 2.24) is 10.2 Å². The standard InChI is InChI=1S/C20H29FN2O2.2C2HF3O2/c21-9-12-23-10-7-20(8-11-23)15-18(22-16-5-13-24-14-6-16)17-3-1-2-4-19(17)25-20;2*3-2(4,5)1(6)7/h1-4,16,18,22H,5-15H2;2*(H,6,7). The average Bonchev–Trinajstić information content (AvgIpc) is 2.86. The lowest BCUT2D eigenvalue weighted by molar-refractivity contribution is -0.193. The fraction of sp³-hybridized carbons (Fsp3) is 0.667. The first kappa shape index (κ1) is 32.6. The van der Waals surface area contributed by atoms with E-state index in [9.17, 15) is 30.7 Å². The number of carbonyl (C=O) groups is 2.